The molecule has 4 nitrogen and oxygen atoms in total. The summed E-state index contributed by atoms with van der Waals surface area (Å²) < 4.78 is 4.13. The van der Waals surface area contributed by atoms with Gasteiger partial charge in [-0.25, -0.2) is 4.98 Å². The lowest BCUT2D eigenvalue weighted by molar-refractivity contribution is 0.0934. The molecule has 4 heteroatoms. The normalized spacial score (nSPS) is 17.2. The monoisotopic (exact) mass is 291 g/mol. The fourth-order valence-corrected chi connectivity index (χ4v) is 3.30. The van der Waals surface area contributed by atoms with Crippen LogP contribution in [0.5, 0.6) is 0 Å². The number of rotatable bonds is 2. The van der Waals surface area contributed by atoms with E-state index in [-0.39, 0.29) is 11.7 Å². The third-order valence-corrected chi connectivity index (χ3v) is 4.54. The number of fused-ring (bicyclic) bond motifs is 3. The molecular formula is C18H17N3O. The molecule has 110 valence electrons. The first-order valence-electron chi connectivity index (χ1n) is 7.44. The molecule has 1 aliphatic carbocycles. The van der Waals surface area contributed by atoms with Crippen molar-refractivity contribution in [2.24, 2.45) is 13.0 Å². The number of para-hydroxylation sites is 1. The summed E-state index contributed by atoms with van der Waals surface area (Å²) in [5.74, 6) is 0.999. The number of imidazole rings is 1. The molecule has 22 heavy (non-hydrogen) atoms. The first kappa shape index (κ1) is 13.1. The first-order valence-corrected chi connectivity index (χ1v) is 7.44. The molecule has 1 unspecified atom stereocenters. The number of allylic oxidation sites excluding steroid dienone is 1. The van der Waals surface area contributed by atoms with Crippen LogP contribution in [0.25, 0.3) is 17.0 Å². The third kappa shape index (κ3) is 1.77. The average Bonchev–Trinajstić information content (AvgIpc) is 3.05. The van der Waals surface area contributed by atoms with Crippen LogP contribution in [0, 0.1) is 12.8 Å². The van der Waals surface area contributed by atoms with Gasteiger partial charge in [0.1, 0.15) is 5.82 Å². The smallest absolute Gasteiger partial charge is 0.174 e. The molecule has 0 bridgehead atoms. The zero-order chi connectivity index (χ0) is 15.3. The fraction of sp³-hybridized carbons (Fsp3) is 0.222. The number of aromatic nitrogens is 3. The highest BCUT2D eigenvalue weighted by atomic mass is 16.1. The molecule has 2 aromatic heterocycles. The lowest BCUT2D eigenvalue weighted by Gasteiger charge is -2.18. The summed E-state index contributed by atoms with van der Waals surface area (Å²) in [4.78, 5) is 17.2. The average molecular weight is 291 g/mol. The van der Waals surface area contributed by atoms with Gasteiger partial charge >= 0.3 is 0 Å². The number of carbonyl (C=O) groups is 1. The van der Waals surface area contributed by atoms with E-state index in [4.69, 9.17) is 0 Å². The van der Waals surface area contributed by atoms with Gasteiger partial charge in [-0.3, -0.25) is 4.79 Å². The third-order valence-electron chi connectivity index (χ3n) is 4.54. The van der Waals surface area contributed by atoms with Crippen molar-refractivity contribution in [3.05, 3.63) is 59.8 Å². The Morgan fingerprint density at radius 2 is 2.09 bits per heavy atom. The van der Waals surface area contributed by atoms with Gasteiger partial charge < -0.3 is 9.13 Å². The van der Waals surface area contributed by atoms with Crippen molar-refractivity contribution in [3.63, 3.8) is 0 Å². The number of benzene rings is 1. The molecule has 3 aromatic rings. The van der Waals surface area contributed by atoms with Crippen molar-refractivity contribution >= 4 is 22.8 Å². The maximum Gasteiger partial charge on any atom is 0.174 e. The first-order chi connectivity index (χ1) is 10.7. The van der Waals surface area contributed by atoms with E-state index in [2.05, 4.69) is 21.7 Å². The highest BCUT2D eigenvalue weighted by Gasteiger charge is 2.28. The standard InChI is InChI=1S/C18H17N3O/c1-12-19-9-10-21(12)11-13-7-8-16-17(18(13)22)14-5-3-4-6-15(14)20(16)2/h3-10,13H,11H2,1-2H3. The molecule has 4 rings (SSSR count). The second-order valence-electron chi connectivity index (χ2n) is 5.79. The molecule has 0 fully saturated rings. The number of aryl methyl sites for hydroxylation is 2. The number of nitrogens with zero attached hydrogens (tertiary/aromatic N) is 3. The Labute approximate surface area is 128 Å². The van der Waals surface area contributed by atoms with E-state index in [9.17, 15) is 4.79 Å². The number of hydrogen-bond donors (Lipinski definition) is 0. The predicted molar refractivity (Wildman–Crippen MR) is 86.7 cm³/mol. The number of carbonyl (C=O) groups excluding carboxylic acids is 1. The lowest BCUT2D eigenvalue weighted by Crippen LogP contribution is -2.22. The molecule has 0 amide bonds. The highest BCUT2D eigenvalue weighted by molar-refractivity contribution is 6.14. The molecule has 1 aliphatic rings. The van der Waals surface area contributed by atoms with Crippen LogP contribution in [0.15, 0.2) is 42.7 Å². The van der Waals surface area contributed by atoms with Crippen LogP contribution in [-0.2, 0) is 13.6 Å². The van der Waals surface area contributed by atoms with E-state index in [0.29, 0.717) is 6.54 Å². The molecule has 0 aliphatic heterocycles. The Hall–Kier alpha value is -2.62. The second-order valence-corrected chi connectivity index (χ2v) is 5.79. The van der Waals surface area contributed by atoms with Gasteiger partial charge in [0.2, 0.25) is 0 Å². The van der Waals surface area contributed by atoms with E-state index in [0.717, 1.165) is 28.0 Å². The second kappa shape index (κ2) is 4.70. The number of Topliss-reactive ketones (excluding diaryl/α,β-unsaturated/α-hetero) is 1. The van der Waals surface area contributed by atoms with Gasteiger partial charge in [-0.2, -0.15) is 0 Å². The molecule has 0 saturated carbocycles. The number of hydrogen-bond acceptors (Lipinski definition) is 2. The minimum Gasteiger partial charge on any atom is -0.344 e. The molecule has 0 saturated heterocycles. The van der Waals surface area contributed by atoms with Crippen molar-refractivity contribution < 1.29 is 4.79 Å². The topological polar surface area (TPSA) is 39.8 Å². The maximum absolute atomic E-state index is 13.0. The zero-order valence-corrected chi connectivity index (χ0v) is 12.7. The Balaban J connectivity index is 1.80. The summed E-state index contributed by atoms with van der Waals surface area (Å²) in [7, 11) is 2.01. The Morgan fingerprint density at radius 1 is 1.27 bits per heavy atom. The Morgan fingerprint density at radius 3 is 2.86 bits per heavy atom. The molecule has 1 aromatic carbocycles. The van der Waals surface area contributed by atoms with E-state index in [1.165, 1.54) is 0 Å². The van der Waals surface area contributed by atoms with Crippen LogP contribution in [-0.4, -0.2) is 19.9 Å². The predicted octanol–water partition coefficient (Wildman–Crippen LogP) is 3.21. The minimum absolute atomic E-state index is 0.133. The largest absolute Gasteiger partial charge is 0.344 e. The summed E-state index contributed by atoms with van der Waals surface area (Å²) in [6.45, 7) is 2.60. The van der Waals surface area contributed by atoms with Crippen molar-refractivity contribution in [1.82, 2.24) is 14.1 Å². The van der Waals surface area contributed by atoms with Gasteiger partial charge in [-0.1, -0.05) is 24.3 Å². The van der Waals surface area contributed by atoms with Crippen LogP contribution >= 0.6 is 0 Å². The molecule has 0 spiro atoms. The van der Waals surface area contributed by atoms with Crippen LogP contribution in [0.2, 0.25) is 0 Å². The van der Waals surface area contributed by atoms with E-state index in [1.807, 2.05) is 49.0 Å². The SMILES string of the molecule is Cc1nccn1CC1C=Cc2c(c3ccccc3n2C)C1=O. The van der Waals surface area contributed by atoms with Crippen molar-refractivity contribution in [2.75, 3.05) is 0 Å². The minimum atomic E-state index is -0.133. The summed E-state index contributed by atoms with van der Waals surface area (Å²) >= 11 is 0. The molecule has 0 radical (unpaired) electrons. The summed E-state index contributed by atoms with van der Waals surface area (Å²) in [5.41, 5.74) is 2.96. The maximum atomic E-state index is 13.0. The van der Waals surface area contributed by atoms with Crippen molar-refractivity contribution in [3.8, 4) is 0 Å². The molecular weight excluding hydrogens is 274 g/mol. The van der Waals surface area contributed by atoms with Crippen LogP contribution in [0.3, 0.4) is 0 Å². The Kier molecular flexibility index (Phi) is 2.79. The van der Waals surface area contributed by atoms with Gasteiger partial charge in [0.15, 0.2) is 5.78 Å². The van der Waals surface area contributed by atoms with Gasteiger partial charge in [-0.15, -0.1) is 0 Å². The molecule has 2 heterocycles. The zero-order valence-electron chi connectivity index (χ0n) is 12.7. The highest BCUT2D eigenvalue weighted by Crippen LogP contribution is 2.32. The molecule has 0 N–H and O–H groups in total. The van der Waals surface area contributed by atoms with E-state index >= 15 is 0 Å². The fourth-order valence-electron chi connectivity index (χ4n) is 3.30. The lowest BCUT2D eigenvalue weighted by atomic mass is 9.90. The van der Waals surface area contributed by atoms with Crippen LogP contribution in [0.4, 0.5) is 0 Å². The van der Waals surface area contributed by atoms with Crippen LogP contribution < -0.4 is 0 Å². The molecule has 1 atom stereocenters. The Bertz CT molecular complexity index is 914. The van der Waals surface area contributed by atoms with Gasteiger partial charge in [-0.05, 0) is 19.1 Å². The van der Waals surface area contributed by atoms with Crippen molar-refractivity contribution in [1.29, 1.82) is 0 Å². The van der Waals surface area contributed by atoms with Crippen LogP contribution in [0.1, 0.15) is 21.9 Å². The summed E-state index contributed by atoms with van der Waals surface area (Å²) in [6.07, 6.45) is 7.79. The van der Waals surface area contributed by atoms with Crippen molar-refractivity contribution in [2.45, 2.75) is 13.5 Å². The van der Waals surface area contributed by atoms with Gasteiger partial charge in [0.25, 0.3) is 0 Å². The number of ketones is 1. The van der Waals surface area contributed by atoms with Gasteiger partial charge in [0, 0.05) is 36.9 Å². The van der Waals surface area contributed by atoms with Gasteiger partial charge in [0.05, 0.1) is 17.2 Å². The van der Waals surface area contributed by atoms with E-state index < -0.39 is 0 Å². The summed E-state index contributed by atoms with van der Waals surface area (Å²) in [6, 6.07) is 8.09. The summed E-state index contributed by atoms with van der Waals surface area (Å²) in [5, 5.41) is 1.04. The van der Waals surface area contributed by atoms with E-state index in [1.54, 1.807) is 6.20 Å². The quantitative estimate of drug-likeness (QED) is 0.727.